The number of hydrogen-bond donors (Lipinski definition) is 0. The summed E-state index contributed by atoms with van der Waals surface area (Å²) in [7, 11) is 0. The van der Waals surface area contributed by atoms with Gasteiger partial charge in [-0.1, -0.05) is 52.3 Å². The third-order valence-electron chi connectivity index (χ3n) is 3.63. The lowest BCUT2D eigenvalue weighted by Gasteiger charge is -2.15. The van der Waals surface area contributed by atoms with Crippen molar-refractivity contribution in [1.82, 2.24) is 14.8 Å². The maximum absolute atomic E-state index is 4.73. The molecule has 0 radical (unpaired) electrons. The summed E-state index contributed by atoms with van der Waals surface area (Å²) in [6.45, 7) is 0.899. The highest BCUT2D eigenvalue weighted by molar-refractivity contribution is 9.10. The fourth-order valence-corrected chi connectivity index (χ4v) is 2.87. The van der Waals surface area contributed by atoms with E-state index in [4.69, 9.17) is 4.98 Å². The maximum Gasteiger partial charge on any atom is 0.181 e. The molecule has 2 aromatic carbocycles. The van der Waals surface area contributed by atoms with Crippen molar-refractivity contribution < 1.29 is 0 Å². The molecule has 0 saturated heterocycles. The number of hydrogen-bond acceptors (Lipinski definition) is 2. The smallest absolute Gasteiger partial charge is 0.181 e. The Labute approximate surface area is 125 Å². The number of nitrogens with zero attached hydrogens (tertiary/aromatic N) is 3. The summed E-state index contributed by atoms with van der Waals surface area (Å²) >= 11 is 3.45. The van der Waals surface area contributed by atoms with Gasteiger partial charge >= 0.3 is 0 Å². The van der Waals surface area contributed by atoms with Crippen LogP contribution in [-0.2, 0) is 13.0 Å². The summed E-state index contributed by atoms with van der Waals surface area (Å²) in [5, 5.41) is 4.64. The van der Waals surface area contributed by atoms with Gasteiger partial charge in [0.2, 0.25) is 0 Å². The summed E-state index contributed by atoms with van der Waals surface area (Å²) in [5.74, 6) is 1.77. The van der Waals surface area contributed by atoms with E-state index in [1.165, 1.54) is 11.1 Å². The Balaban J connectivity index is 1.84. The predicted molar refractivity (Wildman–Crippen MR) is 82.3 cm³/mol. The quantitative estimate of drug-likeness (QED) is 0.678. The first-order chi connectivity index (χ1) is 9.81. The third kappa shape index (κ3) is 1.88. The second-order valence-corrected chi connectivity index (χ2v) is 5.81. The van der Waals surface area contributed by atoms with Crippen LogP contribution < -0.4 is 0 Å². The van der Waals surface area contributed by atoms with Crippen molar-refractivity contribution in [2.24, 2.45) is 0 Å². The van der Waals surface area contributed by atoms with Gasteiger partial charge in [0.25, 0.3) is 0 Å². The molecule has 1 aliphatic rings. The van der Waals surface area contributed by atoms with Crippen LogP contribution in [0.25, 0.3) is 22.8 Å². The molecule has 0 spiro atoms. The largest absolute Gasteiger partial charge is 0.245 e. The highest BCUT2D eigenvalue weighted by atomic mass is 79.9. The molecule has 0 fully saturated rings. The third-order valence-corrected chi connectivity index (χ3v) is 4.15. The molecule has 4 heteroatoms. The van der Waals surface area contributed by atoms with E-state index in [-0.39, 0.29) is 0 Å². The van der Waals surface area contributed by atoms with E-state index in [0.29, 0.717) is 0 Å². The number of rotatable bonds is 1. The Morgan fingerprint density at radius 3 is 2.65 bits per heavy atom. The van der Waals surface area contributed by atoms with Crippen molar-refractivity contribution in [2.75, 3.05) is 0 Å². The maximum atomic E-state index is 4.73. The van der Waals surface area contributed by atoms with Crippen molar-refractivity contribution in [3.05, 3.63) is 58.6 Å². The number of aryl methyl sites for hydroxylation is 2. The Bertz CT molecular complexity index is 775. The summed E-state index contributed by atoms with van der Waals surface area (Å²) in [5.41, 5.74) is 3.61. The second-order valence-electron chi connectivity index (χ2n) is 4.90. The Morgan fingerprint density at radius 2 is 1.80 bits per heavy atom. The molecule has 0 N–H and O–H groups in total. The molecule has 20 heavy (non-hydrogen) atoms. The van der Waals surface area contributed by atoms with Crippen LogP contribution in [0.4, 0.5) is 0 Å². The molecule has 0 amide bonds. The van der Waals surface area contributed by atoms with Crippen LogP contribution in [0.3, 0.4) is 0 Å². The van der Waals surface area contributed by atoms with E-state index in [0.717, 1.165) is 34.7 Å². The number of benzene rings is 2. The van der Waals surface area contributed by atoms with E-state index >= 15 is 0 Å². The van der Waals surface area contributed by atoms with Crippen LogP contribution in [0.1, 0.15) is 5.56 Å². The lowest BCUT2D eigenvalue weighted by atomic mass is 10.0. The van der Waals surface area contributed by atoms with E-state index in [9.17, 15) is 0 Å². The Hall–Kier alpha value is -1.94. The van der Waals surface area contributed by atoms with Gasteiger partial charge in [-0.3, -0.25) is 0 Å². The van der Waals surface area contributed by atoms with Gasteiger partial charge in [-0.15, -0.1) is 0 Å². The number of halogens is 1. The molecule has 2 heterocycles. The van der Waals surface area contributed by atoms with Gasteiger partial charge in [0.15, 0.2) is 11.6 Å². The Morgan fingerprint density at radius 1 is 1.00 bits per heavy atom. The highest BCUT2D eigenvalue weighted by Gasteiger charge is 2.19. The molecule has 0 atom stereocenters. The van der Waals surface area contributed by atoms with Crippen LogP contribution in [0, 0.1) is 0 Å². The average molecular weight is 326 g/mol. The minimum Gasteiger partial charge on any atom is -0.245 e. The average Bonchev–Trinajstić information content (AvgIpc) is 2.92. The fourth-order valence-electron chi connectivity index (χ4n) is 2.60. The molecule has 4 rings (SSSR count). The van der Waals surface area contributed by atoms with Gasteiger partial charge in [0, 0.05) is 22.1 Å². The van der Waals surface area contributed by atoms with Crippen LogP contribution in [0.5, 0.6) is 0 Å². The summed E-state index contributed by atoms with van der Waals surface area (Å²) in [4.78, 5) is 4.73. The standard InChI is InChI=1S/C16H12BrN3/c17-13-7-5-12(6-8-13)15-18-16-14-4-2-1-3-11(14)9-10-20(16)19-15/h1-8H,9-10H2. The molecular formula is C16H12BrN3. The number of aromatic nitrogens is 3. The fraction of sp³-hybridized carbons (Fsp3) is 0.125. The zero-order chi connectivity index (χ0) is 13.5. The molecule has 0 bridgehead atoms. The lowest BCUT2D eigenvalue weighted by Crippen LogP contribution is -2.11. The van der Waals surface area contributed by atoms with Crippen molar-refractivity contribution in [3.63, 3.8) is 0 Å². The minimum atomic E-state index is 0.796. The molecule has 1 aliphatic heterocycles. The van der Waals surface area contributed by atoms with E-state index < -0.39 is 0 Å². The van der Waals surface area contributed by atoms with Crippen molar-refractivity contribution in [1.29, 1.82) is 0 Å². The lowest BCUT2D eigenvalue weighted by molar-refractivity contribution is 0.607. The first-order valence-electron chi connectivity index (χ1n) is 6.60. The predicted octanol–water partition coefficient (Wildman–Crippen LogP) is 3.93. The van der Waals surface area contributed by atoms with Gasteiger partial charge in [-0.25, -0.2) is 9.67 Å². The normalized spacial score (nSPS) is 12.8. The van der Waals surface area contributed by atoms with Gasteiger partial charge in [-0.05, 0) is 24.1 Å². The van der Waals surface area contributed by atoms with E-state index in [2.05, 4.69) is 45.3 Å². The highest BCUT2D eigenvalue weighted by Crippen LogP contribution is 2.29. The van der Waals surface area contributed by atoms with Crippen molar-refractivity contribution >= 4 is 15.9 Å². The van der Waals surface area contributed by atoms with Crippen molar-refractivity contribution in [3.8, 4) is 22.8 Å². The minimum absolute atomic E-state index is 0.796. The molecular weight excluding hydrogens is 314 g/mol. The molecule has 0 unspecified atom stereocenters. The topological polar surface area (TPSA) is 30.7 Å². The number of fused-ring (bicyclic) bond motifs is 3. The van der Waals surface area contributed by atoms with Gasteiger partial charge in [0.05, 0.1) is 0 Å². The van der Waals surface area contributed by atoms with Crippen LogP contribution in [0.2, 0.25) is 0 Å². The van der Waals surface area contributed by atoms with Gasteiger partial charge < -0.3 is 0 Å². The molecule has 0 aliphatic carbocycles. The molecule has 3 nitrogen and oxygen atoms in total. The molecule has 98 valence electrons. The molecule has 3 aromatic rings. The van der Waals surface area contributed by atoms with E-state index in [1.54, 1.807) is 0 Å². The summed E-state index contributed by atoms with van der Waals surface area (Å²) in [6, 6.07) is 16.6. The van der Waals surface area contributed by atoms with Gasteiger partial charge in [-0.2, -0.15) is 5.10 Å². The second kappa shape index (κ2) is 4.56. The summed E-state index contributed by atoms with van der Waals surface area (Å²) in [6.07, 6.45) is 1.02. The van der Waals surface area contributed by atoms with Crippen LogP contribution in [-0.4, -0.2) is 14.8 Å². The summed E-state index contributed by atoms with van der Waals surface area (Å²) < 4.78 is 3.08. The molecule has 0 saturated carbocycles. The zero-order valence-electron chi connectivity index (χ0n) is 10.8. The van der Waals surface area contributed by atoms with Crippen LogP contribution in [0.15, 0.2) is 53.0 Å². The van der Waals surface area contributed by atoms with Crippen molar-refractivity contribution in [2.45, 2.75) is 13.0 Å². The SMILES string of the molecule is Brc1ccc(-c2nc3n(n2)CCc2ccccc2-3)cc1. The Kier molecular flexibility index (Phi) is 2.70. The first kappa shape index (κ1) is 11.9. The first-order valence-corrected chi connectivity index (χ1v) is 7.39. The van der Waals surface area contributed by atoms with E-state index in [1.807, 2.05) is 28.9 Å². The molecule has 1 aromatic heterocycles. The van der Waals surface area contributed by atoms with Crippen LogP contribution >= 0.6 is 15.9 Å². The van der Waals surface area contributed by atoms with Gasteiger partial charge in [0.1, 0.15) is 0 Å². The zero-order valence-corrected chi connectivity index (χ0v) is 12.3. The monoisotopic (exact) mass is 325 g/mol.